The zero-order chi connectivity index (χ0) is 15.4. The van der Waals surface area contributed by atoms with Crippen molar-refractivity contribution < 1.29 is 4.52 Å². The summed E-state index contributed by atoms with van der Waals surface area (Å²) in [5, 5.41) is 4.05. The smallest absolute Gasteiger partial charge is 0.258 e. The lowest BCUT2D eigenvalue weighted by Gasteiger charge is -2.20. The number of hydrogen-bond donors (Lipinski definition) is 1. The highest BCUT2D eigenvalue weighted by Gasteiger charge is 2.18. The molecule has 0 bridgehead atoms. The lowest BCUT2D eigenvalue weighted by molar-refractivity contribution is 0.278. The molecule has 1 heterocycles. The standard InChI is InChI=1S/C16H24N4O/c1-5-20(6-2)10-14(17)15-18-16(21-19-15)13-9-7-8-11(3)12(13)4/h7-9,14H,5-6,10,17H2,1-4H3. The van der Waals surface area contributed by atoms with E-state index in [1.165, 1.54) is 5.56 Å². The van der Waals surface area contributed by atoms with E-state index >= 15 is 0 Å². The van der Waals surface area contributed by atoms with Crippen LogP contribution in [0, 0.1) is 13.8 Å². The number of nitrogens with two attached hydrogens (primary N) is 1. The minimum Gasteiger partial charge on any atom is -0.334 e. The van der Waals surface area contributed by atoms with Gasteiger partial charge in [-0.1, -0.05) is 31.1 Å². The molecule has 0 spiro atoms. The third-order valence-electron chi connectivity index (χ3n) is 3.96. The lowest BCUT2D eigenvalue weighted by atomic mass is 10.0. The van der Waals surface area contributed by atoms with E-state index in [9.17, 15) is 0 Å². The van der Waals surface area contributed by atoms with E-state index in [0.717, 1.165) is 30.8 Å². The molecule has 0 aliphatic rings. The van der Waals surface area contributed by atoms with Crippen molar-refractivity contribution in [3.63, 3.8) is 0 Å². The van der Waals surface area contributed by atoms with E-state index in [2.05, 4.69) is 48.8 Å². The van der Waals surface area contributed by atoms with E-state index in [4.69, 9.17) is 10.3 Å². The van der Waals surface area contributed by atoms with Gasteiger partial charge in [0.25, 0.3) is 5.89 Å². The maximum absolute atomic E-state index is 6.18. The first kappa shape index (κ1) is 15.7. The summed E-state index contributed by atoms with van der Waals surface area (Å²) in [7, 11) is 0. The van der Waals surface area contributed by atoms with Crippen LogP contribution in [0.2, 0.25) is 0 Å². The molecule has 2 aromatic rings. The Morgan fingerprint density at radius 2 is 1.95 bits per heavy atom. The molecule has 0 fully saturated rings. The van der Waals surface area contributed by atoms with Gasteiger partial charge in [-0.15, -0.1) is 0 Å². The molecule has 114 valence electrons. The van der Waals surface area contributed by atoms with Crippen molar-refractivity contribution in [3.8, 4) is 11.5 Å². The minimum absolute atomic E-state index is 0.229. The monoisotopic (exact) mass is 288 g/mol. The summed E-state index contributed by atoms with van der Waals surface area (Å²) in [6, 6.07) is 5.84. The van der Waals surface area contributed by atoms with Gasteiger partial charge >= 0.3 is 0 Å². The molecule has 0 saturated heterocycles. The fraction of sp³-hybridized carbons (Fsp3) is 0.500. The van der Waals surface area contributed by atoms with Crippen LogP contribution < -0.4 is 5.73 Å². The normalized spacial score (nSPS) is 12.9. The van der Waals surface area contributed by atoms with Crippen molar-refractivity contribution in [1.29, 1.82) is 0 Å². The molecule has 1 unspecified atom stereocenters. The van der Waals surface area contributed by atoms with Crippen LogP contribution in [-0.4, -0.2) is 34.7 Å². The fourth-order valence-electron chi connectivity index (χ4n) is 2.32. The summed E-state index contributed by atoms with van der Waals surface area (Å²) in [5.74, 6) is 1.11. The number of rotatable bonds is 6. The molecule has 5 heteroatoms. The van der Waals surface area contributed by atoms with Crippen LogP contribution in [0.5, 0.6) is 0 Å². The Morgan fingerprint density at radius 3 is 2.62 bits per heavy atom. The summed E-state index contributed by atoms with van der Waals surface area (Å²) in [6.45, 7) is 11.0. The van der Waals surface area contributed by atoms with Crippen LogP contribution in [0.1, 0.15) is 36.8 Å². The van der Waals surface area contributed by atoms with Gasteiger partial charge in [-0.3, -0.25) is 0 Å². The molecule has 0 radical (unpaired) electrons. The van der Waals surface area contributed by atoms with Crippen LogP contribution in [0.25, 0.3) is 11.5 Å². The average molecular weight is 288 g/mol. The van der Waals surface area contributed by atoms with E-state index in [1.54, 1.807) is 0 Å². The zero-order valence-corrected chi connectivity index (χ0v) is 13.3. The summed E-state index contributed by atoms with van der Waals surface area (Å²) in [4.78, 5) is 6.72. The number of aromatic nitrogens is 2. The molecular formula is C16H24N4O. The summed E-state index contributed by atoms with van der Waals surface area (Å²) in [6.07, 6.45) is 0. The van der Waals surface area contributed by atoms with Gasteiger partial charge in [0.2, 0.25) is 0 Å². The minimum atomic E-state index is -0.229. The Hall–Kier alpha value is -1.72. The van der Waals surface area contributed by atoms with Crippen LogP contribution in [0.15, 0.2) is 22.7 Å². The first-order valence-electron chi connectivity index (χ1n) is 7.44. The molecule has 0 aliphatic heterocycles. The highest BCUT2D eigenvalue weighted by Crippen LogP contribution is 2.24. The summed E-state index contributed by atoms with van der Waals surface area (Å²) in [5.41, 5.74) is 9.52. The average Bonchev–Trinajstić information content (AvgIpc) is 2.97. The largest absolute Gasteiger partial charge is 0.334 e. The Bertz CT molecular complexity index is 590. The van der Waals surface area contributed by atoms with Crippen molar-refractivity contribution in [2.24, 2.45) is 5.73 Å². The number of aryl methyl sites for hydroxylation is 1. The van der Waals surface area contributed by atoms with E-state index < -0.39 is 0 Å². The van der Waals surface area contributed by atoms with Gasteiger partial charge in [-0.2, -0.15) is 4.98 Å². The van der Waals surface area contributed by atoms with Gasteiger partial charge in [0.05, 0.1) is 6.04 Å². The third kappa shape index (κ3) is 3.49. The second-order valence-electron chi connectivity index (χ2n) is 5.30. The molecule has 1 atom stereocenters. The Morgan fingerprint density at radius 1 is 1.24 bits per heavy atom. The molecule has 1 aromatic heterocycles. The number of hydrogen-bond acceptors (Lipinski definition) is 5. The highest BCUT2D eigenvalue weighted by atomic mass is 16.5. The van der Waals surface area contributed by atoms with Crippen molar-refractivity contribution in [1.82, 2.24) is 15.0 Å². The molecule has 0 aliphatic carbocycles. The second-order valence-corrected chi connectivity index (χ2v) is 5.30. The lowest BCUT2D eigenvalue weighted by Crippen LogP contribution is -2.32. The maximum Gasteiger partial charge on any atom is 0.258 e. The topological polar surface area (TPSA) is 68.2 Å². The Labute approximate surface area is 126 Å². The van der Waals surface area contributed by atoms with Crippen molar-refractivity contribution in [3.05, 3.63) is 35.2 Å². The first-order valence-corrected chi connectivity index (χ1v) is 7.44. The van der Waals surface area contributed by atoms with E-state index in [-0.39, 0.29) is 6.04 Å². The third-order valence-corrected chi connectivity index (χ3v) is 3.96. The highest BCUT2D eigenvalue weighted by molar-refractivity contribution is 5.60. The van der Waals surface area contributed by atoms with Crippen molar-refractivity contribution in [2.75, 3.05) is 19.6 Å². The SMILES string of the molecule is CCN(CC)CC(N)c1noc(-c2cccc(C)c2C)n1. The fourth-order valence-corrected chi connectivity index (χ4v) is 2.32. The molecule has 21 heavy (non-hydrogen) atoms. The van der Waals surface area contributed by atoms with Crippen molar-refractivity contribution in [2.45, 2.75) is 33.7 Å². The van der Waals surface area contributed by atoms with Crippen LogP contribution in [0.4, 0.5) is 0 Å². The molecule has 0 amide bonds. The molecule has 2 rings (SSSR count). The first-order chi connectivity index (χ1) is 10.1. The maximum atomic E-state index is 6.18. The van der Waals surface area contributed by atoms with Gasteiger partial charge in [-0.05, 0) is 44.1 Å². The summed E-state index contributed by atoms with van der Waals surface area (Å²) < 4.78 is 5.40. The van der Waals surface area contributed by atoms with E-state index in [1.807, 2.05) is 12.1 Å². The van der Waals surface area contributed by atoms with Crippen LogP contribution in [-0.2, 0) is 0 Å². The van der Waals surface area contributed by atoms with Gasteiger partial charge in [0, 0.05) is 12.1 Å². The Kier molecular flexibility index (Phi) is 5.09. The quantitative estimate of drug-likeness (QED) is 0.885. The van der Waals surface area contributed by atoms with Gasteiger partial charge < -0.3 is 15.2 Å². The van der Waals surface area contributed by atoms with Gasteiger partial charge in [-0.25, -0.2) is 0 Å². The predicted molar refractivity (Wildman–Crippen MR) is 83.9 cm³/mol. The molecular weight excluding hydrogens is 264 g/mol. The van der Waals surface area contributed by atoms with Gasteiger partial charge in [0.1, 0.15) is 0 Å². The Balaban J connectivity index is 2.19. The molecule has 1 aromatic carbocycles. The van der Waals surface area contributed by atoms with Crippen LogP contribution in [0.3, 0.4) is 0 Å². The van der Waals surface area contributed by atoms with Crippen LogP contribution >= 0.6 is 0 Å². The zero-order valence-electron chi connectivity index (χ0n) is 13.3. The molecule has 0 saturated carbocycles. The summed E-state index contributed by atoms with van der Waals surface area (Å²) >= 11 is 0. The van der Waals surface area contributed by atoms with Gasteiger partial charge in [0.15, 0.2) is 5.82 Å². The molecule has 2 N–H and O–H groups in total. The number of benzene rings is 1. The predicted octanol–water partition coefficient (Wildman–Crippen LogP) is 2.70. The second kappa shape index (κ2) is 6.83. The number of likely N-dealkylation sites (N-methyl/N-ethyl adjacent to an activating group) is 1. The van der Waals surface area contributed by atoms with E-state index in [0.29, 0.717) is 11.7 Å². The molecule has 5 nitrogen and oxygen atoms in total. The van der Waals surface area contributed by atoms with Crippen molar-refractivity contribution >= 4 is 0 Å². The number of nitrogens with zero attached hydrogens (tertiary/aromatic N) is 3.